The van der Waals surface area contributed by atoms with Crippen LogP contribution in [-0.4, -0.2) is 41.2 Å². The molecular formula is C35H36ClN3O3. The van der Waals surface area contributed by atoms with E-state index < -0.39 is 6.04 Å². The quantitative estimate of drug-likeness (QED) is 0.200. The fraction of sp³-hybridized carbons (Fsp3) is 0.286. The summed E-state index contributed by atoms with van der Waals surface area (Å²) in [6, 6.07) is 28.1. The van der Waals surface area contributed by atoms with Crippen molar-refractivity contribution in [1.82, 2.24) is 10.2 Å². The van der Waals surface area contributed by atoms with E-state index in [-0.39, 0.29) is 36.7 Å². The summed E-state index contributed by atoms with van der Waals surface area (Å²) in [5.74, 6) is -0.389. The molecule has 0 aromatic heterocycles. The number of anilines is 1. The van der Waals surface area contributed by atoms with Crippen LogP contribution in [0.25, 0.3) is 10.8 Å². The van der Waals surface area contributed by atoms with E-state index in [0.717, 1.165) is 34.0 Å². The average Bonchev–Trinajstić information content (AvgIpc) is 3.28. The van der Waals surface area contributed by atoms with Crippen LogP contribution >= 0.6 is 11.6 Å². The minimum atomic E-state index is -0.725. The number of amides is 3. The first-order chi connectivity index (χ1) is 20.4. The highest BCUT2D eigenvalue weighted by atomic mass is 35.5. The Bertz CT molecular complexity index is 1580. The number of carbonyl (C=O) groups excluding carboxylic acids is 3. The molecule has 1 aliphatic rings. The van der Waals surface area contributed by atoms with E-state index in [1.165, 1.54) is 0 Å². The lowest BCUT2D eigenvalue weighted by atomic mass is 10.0. The highest BCUT2D eigenvalue weighted by Gasteiger charge is 2.32. The van der Waals surface area contributed by atoms with E-state index in [2.05, 4.69) is 5.32 Å². The molecule has 216 valence electrons. The molecule has 0 fully saturated rings. The minimum absolute atomic E-state index is 0.0291. The number of nitrogens with zero attached hydrogens (tertiary/aromatic N) is 2. The van der Waals surface area contributed by atoms with Gasteiger partial charge in [0.25, 0.3) is 5.91 Å². The number of benzene rings is 4. The molecule has 6 nitrogen and oxygen atoms in total. The number of hydrogen-bond donors (Lipinski definition) is 1. The van der Waals surface area contributed by atoms with E-state index in [4.69, 9.17) is 11.6 Å². The average molecular weight is 582 g/mol. The Morgan fingerprint density at radius 1 is 0.929 bits per heavy atom. The first-order valence-electron chi connectivity index (χ1n) is 14.6. The Hall–Kier alpha value is -4.16. The van der Waals surface area contributed by atoms with Gasteiger partial charge in [-0.05, 0) is 54.5 Å². The fourth-order valence-corrected chi connectivity index (χ4v) is 5.73. The second-order valence-electron chi connectivity index (χ2n) is 10.9. The largest absolute Gasteiger partial charge is 0.352 e. The van der Waals surface area contributed by atoms with Crippen LogP contribution in [0.1, 0.15) is 54.6 Å². The van der Waals surface area contributed by atoms with Crippen molar-refractivity contribution in [3.63, 3.8) is 0 Å². The zero-order valence-corrected chi connectivity index (χ0v) is 24.8. The van der Waals surface area contributed by atoms with Gasteiger partial charge in [0.15, 0.2) is 0 Å². The van der Waals surface area contributed by atoms with Crippen molar-refractivity contribution in [2.75, 3.05) is 11.4 Å². The Labute approximate surface area is 252 Å². The molecule has 4 aromatic rings. The van der Waals surface area contributed by atoms with Gasteiger partial charge in [-0.25, -0.2) is 0 Å². The summed E-state index contributed by atoms with van der Waals surface area (Å²) < 4.78 is 0. The molecule has 0 bridgehead atoms. The molecule has 1 heterocycles. The SMILES string of the molecule is CC[C@@H](C)NC(=O)[C@H](Cc1ccccc1)N(Cc1ccccc1Cl)C(=O)CCCN1C(=O)c2cccc3cccc1c23. The minimum Gasteiger partial charge on any atom is -0.352 e. The Balaban J connectivity index is 1.38. The summed E-state index contributed by atoms with van der Waals surface area (Å²) in [7, 11) is 0. The number of hydrogen-bond acceptors (Lipinski definition) is 3. The van der Waals surface area contributed by atoms with Gasteiger partial charge in [0.1, 0.15) is 6.04 Å². The Kier molecular flexibility index (Phi) is 9.23. The van der Waals surface area contributed by atoms with Crippen molar-refractivity contribution in [2.24, 2.45) is 0 Å². The van der Waals surface area contributed by atoms with Crippen molar-refractivity contribution < 1.29 is 14.4 Å². The third-order valence-electron chi connectivity index (χ3n) is 7.99. The van der Waals surface area contributed by atoms with Gasteiger partial charge < -0.3 is 15.1 Å². The predicted molar refractivity (Wildman–Crippen MR) is 169 cm³/mol. The highest BCUT2D eigenvalue weighted by molar-refractivity contribution is 6.31. The summed E-state index contributed by atoms with van der Waals surface area (Å²) >= 11 is 6.53. The number of halogens is 1. The highest BCUT2D eigenvalue weighted by Crippen LogP contribution is 2.37. The van der Waals surface area contributed by atoms with E-state index >= 15 is 0 Å². The molecule has 0 saturated heterocycles. The van der Waals surface area contributed by atoms with Crippen LogP contribution in [0.4, 0.5) is 5.69 Å². The van der Waals surface area contributed by atoms with E-state index in [0.29, 0.717) is 30.0 Å². The van der Waals surface area contributed by atoms with Crippen LogP contribution in [0, 0.1) is 0 Å². The summed E-state index contributed by atoms with van der Waals surface area (Å²) in [6.45, 7) is 4.59. The second kappa shape index (κ2) is 13.2. The second-order valence-corrected chi connectivity index (χ2v) is 11.3. The molecule has 1 aliphatic heterocycles. The molecule has 0 saturated carbocycles. The molecule has 42 heavy (non-hydrogen) atoms. The van der Waals surface area contributed by atoms with E-state index in [1.807, 2.05) is 98.8 Å². The van der Waals surface area contributed by atoms with Gasteiger partial charge in [-0.15, -0.1) is 0 Å². The van der Waals surface area contributed by atoms with E-state index in [1.54, 1.807) is 15.9 Å². The molecule has 1 N–H and O–H groups in total. The van der Waals surface area contributed by atoms with Gasteiger partial charge in [0.2, 0.25) is 11.8 Å². The summed E-state index contributed by atoms with van der Waals surface area (Å²) in [4.78, 5) is 44.4. The number of nitrogens with one attached hydrogen (secondary N) is 1. The van der Waals surface area contributed by atoms with Crippen LogP contribution in [0.15, 0.2) is 91.0 Å². The first-order valence-corrected chi connectivity index (χ1v) is 15.0. The molecule has 7 heteroatoms. The molecule has 4 aromatic carbocycles. The predicted octanol–water partition coefficient (Wildman–Crippen LogP) is 6.79. The molecule has 0 unspecified atom stereocenters. The first kappa shape index (κ1) is 29.3. The van der Waals surface area contributed by atoms with Crippen LogP contribution in [0.3, 0.4) is 0 Å². The molecule has 3 amide bonds. The molecule has 0 aliphatic carbocycles. The third-order valence-corrected chi connectivity index (χ3v) is 8.36. The molecule has 5 rings (SSSR count). The fourth-order valence-electron chi connectivity index (χ4n) is 5.54. The topological polar surface area (TPSA) is 69.7 Å². The molecule has 0 radical (unpaired) electrons. The van der Waals surface area contributed by atoms with Gasteiger partial charge in [0.05, 0.1) is 5.69 Å². The smallest absolute Gasteiger partial charge is 0.258 e. The maximum absolute atomic E-state index is 14.0. The summed E-state index contributed by atoms with van der Waals surface area (Å²) in [5.41, 5.74) is 3.31. The van der Waals surface area contributed by atoms with Crippen LogP contribution in [0.2, 0.25) is 5.02 Å². The van der Waals surface area contributed by atoms with Gasteiger partial charge in [-0.3, -0.25) is 14.4 Å². The standard InChI is InChI=1S/C35H36ClN3O3/c1-3-24(2)37-34(41)31(22-25-12-5-4-6-13-25)39(23-27-14-7-8-18-29(27)36)32(40)20-11-21-38-30-19-10-16-26-15-9-17-28(33(26)30)35(38)42/h4-10,12-19,24,31H,3,11,20-23H2,1-2H3,(H,37,41)/t24-,31+/m1/s1. The Morgan fingerprint density at radius 2 is 1.64 bits per heavy atom. The van der Waals surface area contributed by atoms with Crippen molar-refractivity contribution in [1.29, 1.82) is 0 Å². The zero-order chi connectivity index (χ0) is 29.6. The van der Waals surface area contributed by atoms with Gasteiger partial charge >= 0.3 is 0 Å². The lowest BCUT2D eigenvalue weighted by Crippen LogP contribution is -2.52. The van der Waals surface area contributed by atoms with Crippen molar-refractivity contribution in [3.8, 4) is 0 Å². The summed E-state index contributed by atoms with van der Waals surface area (Å²) in [6.07, 6.45) is 1.80. The zero-order valence-electron chi connectivity index (χ0n) is 24.1. The van der Waals surface area contributed by atoms with Crippen LogP contribution < -0.4 is 10.2 Å². The third kappa shape index (κ3) is 6.34. The molecular weight excluding hydrogens is 546 g/mol. The molecule has 2 atom stereocenters. The Morgan fingerprint density at radius 3 is 2.38 bits per heavy atom. The number of rotatable bonds is 12. The van der Waals surface area contributed by atoms with Crippen molar-refractivity contribution >= 4 is 45.8 Å². The lowest BCUT2D eigenvalue weighted by molar-refractivity contribution is -0.141. The van der Waals surface area contributed by atoms with Gasteiger partial charge in [0, 0.05) is 47.9 Å². The van der Waals surface area contributed by atoms with Crippen LogP contribution in [-0.2, 0) is 22.6 Å². The monoisotopic (exact) mass is 581 g/mol. The maximum Gasteiger partial charge on any atom is 0.258 e. The maximum atomic E-state index is 14.0. The number of carbonyl (C=O) groups is 3. The molecule has 0 spiro atoms. The normalized spacial score (nSPS) is 13.7. The van der Waals surface area contributed by atoms with Crippen molar-refractivity contribution in [3.05, 3.63) is 113 Å². The van der Waals surface area contributed by atoms with E-state index in [9.17, 15) is 14.4 Å². The lowest BCUT2D eigenvalue weighted by Gasteiger charge is -2.33. The summed E-state index contributed by atoms with van der Waals surface area (Å²) in [5, 5.41) is 5.63. The van der Waals surface area contributed by atoms with Crippen molar-refractivity contribution in [2.45, 2.75) is 58.2 Å². The van der Waals surface area contributed by atoms with Gasteiger partial charge in [-0.2, -0.15) is 0 Å². The van der Waals surface area contributed by atoms with Crippen LogP contribution in [0.5, 0.6) is 0 Å². The van der Waals surface area contributed by atoms with Gasteiger partial charge in [-0.1, -0.05) is 91.3 Å².